The lowest BCUT2D eigenvalue weighted by atomic mass is 10.0. The van der Waals surface area contributed by atoms with Gasteiger partial charge < -0.3 is 29.8 Å². The van der Waals surface area contributed by atoms with E-state index in [1.165, 1.54) is 33.5 Å². The highest BCUT2D eigenvalue weighted by atomic mass is 19.4. The van der Waals surface area contributed by atoms with Crippen molar-refractivity contribution in [1.82, 2.24) is 10.3 Å². The molecule has 0 aliphatic carbocycles. The van der Waals surface area contributed by atoms with Crippen LogP contribution in [0.25, 0.3) is 10.9 Å². The molecular formula is C27H26F3N3O4. The van der Waals surface area contributed by atoms with Crippen LogP contribution in [0.1, 0.15) is 21.5 Å². The molecule has 0 aliphatic heterocycles. The zero-order valence-corrected chi connectivity index (χ0v) is 20.5. The Morgan fingerprint density at radius 3 is 2.30 bits per heavy atom. The zero-order chi connectivity index (χ0) is 26.6. The summed E-state index contributed by atoms with van der Waals surface area (Å²) in [5.41, 5.74) is 0.673. The minimum atomic E-state index is -4.74. The van der Waals surface area contributed by atoms with Gasteiger partial charge in [-0.2, -0.15) is 13.2 Å². The number of aromatic nitrogens is 1. The molecule has 1 aromatic heterocycles. The first kappa shape index (κ1) is 25.7. The van der Waals surface area contributed by atoms with Gasteiger partial charge in [0.15, 0.2) is 11.5 Å². The predicted octanol–water partition coefficient (Wildman–Crippen LogP) is 5.93. The number of alkyl halides is 3. The van der Waals surface area contributed by atoms with E-state index < -0.39 is 23.2 Å². The Bertz CT molecular complexity index is 1390. The van der Waals surface area contributed by atoms with Gasteiger partial charge in [-0.15, -0.1) is 0 Å². The number of hydrogen-bond acceptors (Lipinski definition) is 5. The van der Waals surface area contributed by atoms with E-state index in [9.17, 15) is 18.0 Å². The lowest BCUT2D eigenvalue weighted by Crippen LogP contribution is -2.29. The third kappa shape index (κ3) is 5.42. The van der Waals surface area contributed by atoms with Crippen molar-refractivity contribution in [2.45, 2.75) is 12.6 Å². The number of anilines is 2. The summed E-state index contributed by atoms with van der Waals surface area (Å²) < 4.78 is 57.7. The highest BCUT2D eigenvalue weighted by molar-refractivity contribution is 6.02. The quantitative estimate of drug-likeness (QED) is 0.258. The summed E-state index contributed by atoms with van der Waals surface area (Å²) in [6.45, 7) is 0.149. The van der Waals surface area contributed by atoms with Crippen LogP contribution in [0.3, 0.4) is 0 Å². The summed E-state index contributed by atoms with van der Waals surface area (Å²) in [5, 5.41) is 6.55. The predicted molar refractivity (Wildman–Crippen MR) is 135 cm³/mol. The average Bonchev–Trinajstić information content (AvgIpc) is 3.30. The van der Waals surface area contributed by atoms with E-state index in [1.807, 2.05) is 30.5 Å². The summed E-state index contributed by atoms with van der Waals surface area (Å²) in [7, 11) is 4.30. The maximum atomic E-state index is 13.9. The number of amides is 1. The standard InChI is InChI=1S/C27H26F3N3O4/c1-35-22-13-17(14-23(36-2)25(22)37-3)33-21-10-6-8-19(27(28,29)30)24(21)26(34)31-12-11-16-15-32-20-9-5-4-7-18(16)20/h4-10,13-15,32-33H,11-12H2,1-3H3,(H,31,34). The number of ether oxygens (including phenoxy) is 3. The number of hydrogen-bond donors (Lipinski definition) is 3. The van der Waals surface area contributed by atoms with Crippen LogP contribution in [-0.4, -0.2) is 38.8 Å². The maximum Gasteiger partial charge on any atom is 0.417 e. The molecule has 0 unspecified atom stereocenters. The summed E-state index contributed by atoms with van der Waals surface area (Å²) in [4.78, 5) is 16.3. The van der Waals surface area contributed by atoms with Crippen LogP contribution < -0.4 is 24.8 Å². The second-order valence-corrected chi connectivity index (χ2v) is 8.13. The monoisotopic (exact) mass is 513 g/mol. The van der Waals surface area contributed by atoms with Crippen molar-refractivity contribution in [3.63, 3.8) is 0 Å². The molecule has 194 valence electrons. The van der Waals surface area contributed by atoms with Crippen molar-refractivity contribution >= 4 is 28.2 Å². The third-order valence-corrected chi connectivity index (χ3v) is 5.90. The van der Waals surface area contributed by atoms with Gasteiger partial charge in [0, 0.05) is 41.5 Å². The van der Waals surface area contributed by atoms with E-state index in [2.05, 4.69) is 15.6 Å². The van der Waals surface area contributed by atoms with Gasteiger partial charge in [-0.3, -0.25) is 4.79 Å². The van der Waals surface area contributed by atoms with Crippen molar-refractivity contribution in [2.75, 3.05) is 33.2 Å². The second kappa shape index (κ2) is 10.7. The number of benzene rings is 3. The fourth-order valence-electron chi connectivity index (χ4n) is 4.18. The van der Waals surface area contributed by atoms with Crippen molar-refractivity contribution < 1.29 is 32.2 Å². The molecule has 0 saturated carbocycles. The van der Waals surface area contributed by atoms with Gasteiger partial charge in [-0.25, -0.2) is 0 Å². The van der Waals surface area contributed by atoms with Crippen LogP contribution >= 0.6 is 0 Å². The van der Waals surface area contributed by atoms with Gasteiger partial charge in [0.2, 0.25) is 5.75 Å². The van der Waals surface area contributed by atoms with Crippen LogP contribution in [0.2, 0.25) is 0 Å². The summed E-state index contributed by atoms with van der Waals surface area (Å²) in [6.07, 6.45) is -2.46. The largest absolute Gasteiger partial charge is 0.493 e. The third-order valence-electron chi connectivity index (χ3n) is 5.90. The number of aromatic amines is 1. The molecule has 1 amide bonds. The van der Waals surface area contributed by atoms with Crippen LogP contribution in [-0.2, 0) is 12.6 Å². The van der Waals surface area contributed by atoms with Gasteiger partial charge in [-0.1, -0.05) is 24.3 Å². The Balaban J connectivity index is 1.63. The van der Waals surface area contributed by atoms with Crippen LogP contribution in [0, 0.1) is 0 Å². The van der Waals surface area contributed by atoms with Crippen molar-refractivity contribution in [1.29, 1.82) is 0 Å². The molecular weight excluding hydrogens is 487 g/mol. The first-order chi connectivity index (χ1) is 17.8. The van der Waals surface area contributed by atoms with E-state index in [-0.39, 0.29) is 12.2 Å². The molecule has 0 aliphatic rings. The van der Waals surface area contributed by atoms with Crippen LogP contribution in [0.4, 0.5) is 24.5 Å². The first-order valence-corrected chi connectivity index (χ1v) is 11.4. The summed E-state index contributed by atoms with van der Waals surface area (Å²) in [6, 6.07) is 14.3. The first-order valence-electron chi connectivity index (χ1n) is 11.4. The number of nitrogens with one attached hydrogen (secondary N) is 3. The van der Waals surface area contributed by atoms with E-state index >= 15 is 0 Å². The molecule has 10 heteroatoms. The number of H-pyrrole nitrogens is 1. The van der Waals surface area contributed by atoms with Gasteiger partial charge in [0.05, 0.1) is 38.1 Å². The van der Waals surface area contributed by atoms with Crippen molar-refractivity contribution in [3.05, 3.63) is 77.5 Å². The highest BCUT2D eigenvalue weighted by Crippen LogP contribution is 2.42. The Kier molecular flexibility index (Phi) is 7.47. The molecule has 3 N–H and O–H groups in total. The average molecular weight is 514 g/mol. The van der Waals surface area contributed by atoms with Gasteiger partial charge in [0.25, 0.3) is 5.91 Å². The normalized spacial score (nSPS) is 11.3. The minimum absolute atomic E-state index is 0.0197. The Labute approximate surface area is 211 Å². The molecule has 3 aromatic carbocycles. The zero-order valence-electron chi connectivity index (χ0n) is 20.5. The molecule has 0 atom stereocenters. The fourth-order valence-corrected chi connectivity index (χ4v) is 4.18. The number of carbonyl (C=O) groups is 1. The Morgan fingerprint density at radius 2 is 1.65 bits per heavy atom. The van der Waals surface area contributed by atoms with Crippen LogP contribution in [0.15, 0.2) is 60.8 Å². The molecule has 4 rings (SSSR count). The maximum absolute atomic E-state index is 13.9. The molecule has 0 fully saturated rings. The molecule has 7 nitrogen and oxygen atoms in total. The Hall–Kier alpha value is -4.34. The van der Waals surface area contributed by atoms with E-state index in [1.54, 1.807) is 12.1 Å². The smallest absolute Gasteiger partial charge is 0.417 e. The van der Waals surface area contributed by atoms with E-state index in [0.29, 0.717) is 29.4 Å². The number of halogens is 3. The minimum Gasteiger partial charge on any atom is -0.493 e. The number of carbonyl (C=O) groups excluding carboxylic acids is 1. The van der Waals surface area contributed by atoms with Gasteiger partial charge >= 0.3 is 6.18 Å². The van der Waals surface area contributed by atoms with Crippen molar-refractivity contribution in [2.24, 2.45) is 0 Å². The molecule has 0 bridgehead atoms. The lowest BCUT2D eigenvalue weighted by Gasteiger charge is -2.19. The highest BCUT2D eigenvalue weighted by Gasteiger charge is 2.36. The van der Waals surface area contributed by atoms with Gasteiger partial charge in [0.1, 0.15) is 0 Å². The SMILES string of the molecule is COc1cc(Nc2cccc(C(F)(F)F)c2C(=O)NCCc2c[nH]c3ccccc23)cc(OC)c1OC. The topological polar surface area (TPSA) is 84.6 Å². The summed E-state index contributed by atoms with van der Waals surface area (Å²) >= 11 is 0. The molecule has 37 heavy (non-hydrogen) atoms. The molecule has 0 radical (unpaired) electrons. The number of para-hydroxylation sites is 1. The molecule has 1 heterocycles. The van der Waals surface area contributed by atoms with Crippen LogP contribution in [0.5, 0.6) is 17.2 Å². The molecule has 0 spiro atoms. The van der Waals surface area contributed by atoms with Gasteiger partial charge in [-0.05, 0) is 30.2 Å². The molecule has 4 aromatic rings. The fraction of sp³-hybridized carbons (Fsp3) is 0.222. The van der Waals surface area contributed by atoms with E-state index in [0.717, 1.165) is 22.5 Å². The Morgan fingerprint density at radius 1 is 0.946 bits per heavy atom. The lowest BCUT2D eigenvalue weighted by molar-refractivity contribution is -0.137. The number of rotatable bonds is 9. The number of fused-ring (bicyclic) bond motifs is 1. The summed E-state index contributed by atoms with van der Waals surface area (Å²) in [5.74, 6) is 0.0969. The number of methoxy groups -OCH3 is 3. The molecule has 0 saturated heterocycles. The van der Waals surface area contributed by atoms with E-state index in [4.69, 9.17) is 14.2 Å². The van der Waals surface area contributed by atoms with Crippen molar-refractivity contribution in [3.8, 4) is 17.2 Å². The second-order valence-electron chi connectivity index (χ2n) is 8.13.